The fraction of sp³-hybridized carbons (Fsp3) is 0.176. The second kappa shape index (κ2) is 7.94. The number of aromatic nitrogens is 4. The Morgan fingerprint density at radius 2 is 2.00 bits per heavy atom. The molecule has 3 N–H and O–H groups in total. The van der Waals surface area contributed by atoms with Crippen LogP contribution in [0.25, 0.3) is 11.4 Å². The van der Waals surface area contributed by atoms with Gasteiger partial charge in [-0.3, -0.25) is 4.79 Å². The molecule has 0 aliphatic heterocycles. The van der Waals surface area contributed by atoms with E-state index in [0.717, 1.165) is 5.56 Å². The van der Waals surface area contributed by atoms with Gasteiger partial charge in [-0.15, -0.1) is 10.2 Å². The average molecular weight is 374 g/mol. The van der Waals surface area contributed by atoms with Gasteiger partial charge in [0.1, 0.15) is 11.5 Å². The lowest BCUT2D eigenvalue weighted by molar-refractivity contribution is -0.137. The summed E-state index contributed by atoms with van der Waals surface area (Å²) >= 11 is 5.86. The van der Waals surface area contributed by atoms with Gasteiger partial charge in [-0.1, -0.05) is 23.7 Å². The number of carboxylic acid groups (broad SMARTS) is 1. The molecule has 3 rings (SSSR count). The van der Waals surface area contributed by atoms with Gasteiger partial charge in [-0.2, -0.15) is 4.80 Å². The lowest BCUT2D eigenvalue weighted by Crippen LogP contribution is -2.30. The molecule has 0 amide bonds. The highest BCUT2D eigenvalue weighted by Gasteiger charge is 2.12. The van der Waals surface area contributed by atoms with E-state index in [-0.39, 0.29) is 13.0 Å². The molecule has 134 valence electrons. The summed E-state index contributed by atoms with van der Waals surface area (Å²) in [4.78, 5) is 12.0. The van der Waals surface area contributed by atoms with Crippen LogP contribution in [0.4, 0.5) is 0 Å². The first kappa shape index (κ1) is 17.8. The van der Waals surface area contributed by atoms with E-state index in [9.17, 15) is 4.79 Å². The summed E-state index contributed by atoms with van der Waals surface area (Å²) in [6.45, 7) is 0.167. The van der Waals surface area contributed by atoms with Crippen LogP contribution in [0.5, 0.6) is 11.5 Å². The number of carboxylic acids is 1. The minimum atomic E-state index is -0.968. The van der Waals surface area contributed by atoms with Gasteiger partial charge in [-0.05, 0) is 41.6 Å². The van der Waals surface area contributed by atoms with Crippen molar-refractivity contribution in [3.8, 4) is 22.9 Å². The Morgan fingerprint density at radius 1 is 1.23 bits per heavy atom. The first-order valence-corrected chi connectivity index (χ1v) is 8.16. The topological polar surface area (TPSA) is 116 Å². The molecule has 0 saturated heterocycles. The van der Waals surface area contributed by atoms with Crippen LogP contribution in [0, 0.1) is 0 Å². The molecule has 26 heavy (non-hydrogen) atoms. The number of halogens is 1. The van der Waals surface area contributed by atoms with Gasteiger partial charge in [0, 0.05) is 16.6 Å². The maximum absolute atomic E-state index is 10.7. The Kier molecular flexibility index (Phi) is 5.45. The highest BCUT2D eigenvalue weighted by molar-refractivity contribution is 6.30. The minimum absolute atomic E-state index is 0.165. The molecule has 1 atom stereocenters. The number of aliphatic carboxylic acids is 1. The monoisotopic (exact) mass is 373 g/mol. The Balaban J connectivity index is 1.72. The molecule has 2 aromatic carbocycles. The molecule has 0 aliphatic rings. The number of hydrogen-bond donors (Lipinski definition) is 2. The van der Waals surface area contributed by atoms with E-state index in [2.05, 4.69) is 15.4 Å². The van der Waals surface area contributed by atoms with Crippen LogP contribution in [0.15, 0.2) is 48.5 Å². The van der Waals surface area contributed by atoms with Gasteiger partial charge in [0.15, 0.2) is 0 Å². The van der Waals surface area contributed by atoms with Crippen LogP contribution in [-0.4, -0.2) is 37.3 Å². The van der Waals surface area contributed by atoms with E-state index >= 15 is 0 Å². The van der Waals surface area contributed by atoms with Gasteiger partial charge in [-0.25, -0.2) is 0 Å². The van der Waals surface area contributed by atoms with Gasteiger partial charge in [0.05, 0.1) is 13.0 Å². The number of rotatable bonds is 7. The molecule has 1 aromatic heterocycles. The fourth-order valence-corrected chi connectivity index (χ4v) is 2.40. The number of ether oxygens (including phenoxy) is 1. The molecule has 0 bridgehead atoms. The quantitative estimate of drug-likeness (QED) is 0.653. The van der Waals surface area contributed by atoms with Crippen LogP contribution < -0.4 is 10.5 Å². The maximum Gasteiger partial charge on any atom is 0.304 e. The summed E-state index contributed by atoms with van der Waals surface area (Å²) < 4.78 is 5.78. The lowest BCUT2D eigenvalue weighted by Gasteiger charge is -2.07. The largest absolute Gasteiger partial charge is 0.481 e. The van der Waals surface area contributed by atoms with Gasteiger partial charge >= 0.3 is 5.97 Å². The van der Waals surface area contributed by atoms with Crippen molar-refractivity contribution >= 4 is 17.6 Å². The summed E-state index contributed by atoms with van der Waals surface area (Å²) in [6.07, 6.45) is -0.165. The number of carbonyl (C=O) groups is 1. The number of tetrazole rings is 1. The third-order valence-electron chi connectivity index (χ3n) is 3.43. The molecular weight excluding hydrogens is 358 g/mol. The fourth-order valence-electron chi connectivity index (χ4n) is 2.27. The molecular formula is C17H16ClN5O3. The normalized spacial score (nSPS) is 11.9. The van der Waals surface area contributed by atoms with Crippen molar-refractivity contribution in [2.45, 2.75) is 19.0 Å². The first-order chi connectivity index (χ1) is 12.5. The maximum atomic E-state index is 10.7. The van der Waals surface area contributed by atoms with Gasteiger partial charge < -0.3 is 15.6 Å². The van der Waals surface area contributed by atoms with E-state index in [1.165, 1.54) is 4.80 Å². The average Bonchev–Trinajstić information content (AvgIpc) is 3.05. The Hall–Kier alpha value is -2.97. The Labute approximate surface area is 154 Å². The van der Waals surface area contributed by atoms with E-state index in [1.807, 2.05) is 18.2 Å². The van der Waals surface area contributed by atoms with Crippen molar-refractivity contribution in [3.63, 3.8) is 0 Å². The number of benzene rings is 2. The van der Waals surface area contributed by atoms with Crippen LogP contribution >= 0.6 is 11.6 Å². The highest BCUT2D eigenvalue weighted by Crippen LogP contribution is 2.26. The second-order valence-corrected chi connectivity index (χ2v) is 6.05. The SMILES string of the molecule is N[C@H](CC(=O)O)Cn1nnc(-c2cccc(Oc3ccc(Cl)cc3)c2)n1. The summed E-state index contributed by atoms with van der Waals surface area (Å²) in [5, 5.41) is 21.5. The number of hydrogen-bond acceptors (Lipinski definition) is 6. The van der Waals surface area contributed by atoms with Crippen molar-refractivity contribution in [3.05, 3.63) is 53.6 Å². The predicted octanol–water partition coefficient (Wildman–Crippen LogP) is 2.59. The zero-order valence-corrected chi connectivity index (χ0v) is 14.4. The molecule has 0 unspecified atom stereocenters. The standard InChI is InChI=1S/C17H16ClN5O3/c18-12-4-6-14(7-5-12)26-15-3-1-2-11(8-15)17-20-22-23(21-17)10-13(19)9-16(24)25/h1-8,13H,9-10,19H2,(H,24,25)/t13-/m1/s1. The molecule has 0 aliphatic carbocycles. The summed E-state index contributed by atoms with van der Waals surface area (Å²) in [6, 6.07) is 13.7. The molecule has 0 radical (unpaired) electrons. The Morgan fingerprint density at radius 3 is 2.73 bits per heavy atom. The van der Waals surface area contributed by atoms with E-state index < -0.39 is 12.0 Å². The first-order valence-electron chi connectivity index (χ1n) is 7.78. The zero-order chi connectivity index (χ0) is 18.5. The third-order valence-corrected chi connectivity index (χ3v) is 3.68. The van der Waals surface area contributed by atoms with Crippen LogP contribution in [-0.2, 0) is 11.3 Å². The molecule has 9 heteroatoms. The van der Waals surface area contributed by atoms with Crippen LogP contribution in [0.3, 0.4) is 0 Å². The predicted molar refractivity (Wildman–Crippen MR) is 95.0 cm³/mol. The van der Waals surface area contributed by atoms with Crippen LogP contribution in [0.1, 0.15) is 6.42 Å². The van der Waals surface area contributed by atoms with Crippen molar-refractivity contribution in [1.29, 1.82) is 0 Å². The highest BCUT2D eigenvalue weighted by atomic mass is 35.5. The summed E-state index contributed by atoms with van der Waals surface area (Å²) in [5.41, 5.74) is 6.45. The molecule has 3 aromatic rings. The zero-order valence-electron chi connectivity index (χ0n) is 13.6. The van der Waals surface area contributed by atoms with Crippen molar-refractivity contribution in [1.82, 2.24) is 20.2 Å². The molecule has 0 saturated carbocycles. The molecule has 0 fully saturated rings. The molecule has 1 heterocycles. The second-order valence-electron chi connectivity index (χ2n) is 5.61. The van der Waals surface area contributed by atoms with Crippen molar-refractivity contribution in [2.75, 3.05) is 0 Å². The van der Waals surface area contributed by atoms with Crippen molar-refractivity contribution < 1.29 is 14.6 Å². The van der Waals surface area contributed by atoms with Gasteiger partial charge in [0.25, 0.3) is 0 Å². The smallest absolute Gasteiger partial charge is 0.304 e. The van der Waals surface area contributed by atoms with E-state index in [4.69, 9.17) is 27.2 Å². The summed E-state index contributed by atoms with van der Waals surface area (Å²) in [7, 11) is 0. The number of nitrogens with two attached hydrogens (primary N) is 1. The van der Waals surface area contributed by atoms with E-state index in [0.29, 0.717) is 22.3 Å². The molecule has 0 spiro atoms. The van der Waals surface area contributed by atoms with Gasteiger partial charge in [0.2, 0.25) is 5.82 Å². The third kappa shape index (κ3) is 4.78. The Bertz CT molecular complexity index is 897. The van der Waals surface area contributed by atoms with E-state index in [1.54, 1.807) is 30.3 Å². The number of nitrogens with zero attached hydrogens (tertiary/aromatic N) is 4. The lowest BCUT2D eigenvalue weighted by atomic mass is 10.2. The minimum Gasteiger partial charge on any atom is -0.481 e. The van der Waals surface area contributed by atoms with Crippen LogP contribution in [0.2, 0.25) is 5.02 Å². The summed E-state index contributed by atoms with van der Waals surface area (Å²) in [5.74, 6) is 0.700. The molecule has 8 nitrogen and oxygen atoms in total. The van der Waals surface area contributed by atoms with Crippen molar-refractivity contribution in [2.24, 2.45) is 5.73 Å².